The summed E-state index contributed by atoms with van der Waals surface area (Å²) in [5.41, 5.74) is 1.51. The minimum absolute atomic E-state index is 0.0183. The summed E-state index contributed by atoms with van der Waals surface area (Å²) < 4.78 is 0. The van der Waals surface area contributed by atoms with E-state index in [1.807, 2.05) is 23.1 Å². The van der Waals surface area contributed by atoms with E-state index in [0.29, 0.717) is 17.3 Å². The Kier molecular flexibility index (Phi) is 4.97. The number of para-hydroxylation sites is 1. The van der Waals surface area contributed by atoms with Crippen LogP contribution >= 0.6 is 0 Å². The molecule has 0 atom stereocenters. The number of carbonyl (C=O) groups is 1. The van der Waals surface area contributed by atoms with Crippen molar-refractivity contribution in [2.75, 3.05) is 23.3 Å². The van der Waals surface area contributed by atoms with Gasteiger partial charge in [0, 0.05) is 30.4 Å². The molecule has 0 bridgehead atoms. The van der Waals surface area contributed by atoms with Gasteiger partial charge in [-0.3, -0.25) is 14.9 Å². The summed E-state index contributed by atoms with van der Waals surface area (Å²) in [6, 6.07) is 13.7. The molecular weight excluding hydrogens is 318 g/mol. The number of rotatable bonds is 4. The molecule has 1 saturated heterocycles. The van der Waals surface area contributed by atoms with Gasteiger partial charge >= 0.3 is 0 Å². The van der Waals surface area contributed by atoms with Gasteiger partial charge in [-0.2, -0.15) is 0 Å². The third kappa shape index (κ3) is 3.96. The molecule has 0 aliphatic carbocycles. The normalized spacial score (nSPS) is 15.0. The van der Waals surface area contributed by atoms with E-state index in [1.54, 1.807) is 24.3 Å². The minimum atomic E-state index is -0.410. The van der Waals surface area contributed by atoms with Crippen LogP contribution in [0.4, 0.5) is 17.1 Å². The van der Waals surface area contributed by atoms with E-state index in [2.05, 4.69) is 12.2 Å². The number of amides is 1. The summed E-state index contributed by atoms with van der Waals surface area (Å²) in [5.74, 6) is 0.291. The van der Waals surface area contributed by atoms with Crippen molar-refractivity contribution in [1.29, 1.82) is 0 Å². The number of nitro groups is 1. The van der Waals surface area contributed by atoms with Crippen molar-refractivity contribution in [1.82, 2.24) is 0 Å². The summed E-state index contributed by atoms with van der Waals surface area (Å²) in [4.78, 5) is 25.5. The van der Waals surface area contributed by atoms with Crippen LogP contribution in [0.15, 0.2) is 48.5 Å². The largest absolute Gasteiger partial charge is 0.366 e. The minimum Gasteiger partial charge on any atom is -0.366 e. The third-order valence-corrected chi connectivity index (χ3v) is 4.59. The van der Waals surface area contributed by atoms with E-state index in [4.69, 9.17) is 0 Å². The number of carbonyl (C=O) groups excluding carboxylic acids is 1. The van der Waals surface area contributed by atoms with Crippen molar-refractivity contribution in [2.45, 2.75) is 19.8 Å². The lowest BCUT2D eigenvalue weighted by molar-refractivity contribution is -0.384. The van der Waals surface area contributed by atoms with Gasteiger partial charge < -0.3 is 10.2 Å². The van der Waals surface area contributed by atoms with E-state index >= 15 is 0 Å². The zero-order valence-electron chi connectivity index (χ0n) is 14.1. The van der Waals surface area contributed by atoms with Gasteiger partial charge in [0.05, 0.1) is 4.92 Å². The van der Waals surface area contributed by atoms with Crippen LogP contribution in [0.25, 0.3) is 0 Å². The van der Waals surface area contributed by atoms with Crippen molar-refractivity contribution in [3.63, 3.8) is 0 Å². The Bertz CT molecular complexity index is 769. The SMILES string of the molecule is CC1CCN(c2ccc(C(=O)Nc3ccccc3)cc2[N+](=O)[O-])CC1. The Balaban J connectivity index is 1.83. The molecule has 0 saturated carbocycles. The highest BCUT2D eigenvalue weighted by Gasteiger charge is 2.24. The van der Waals surface area contributed by atoms with Gasteiger partial charge in [0.2, 0.25) is 0 Å². The zero-order valence-corrected chi connectivity index (χ0v) is 14.1. The lowest BCUT2D eigenvalue weighted by Crippen LogP contribution is -2.33. The molecule has 0 spiro atoms. The van der Waals surface area contributed by atoms with Gasteiger partial charge in [-0.05, 0) is 43.0 Å². The number of piperidine rings is 1. The van der Waals surface area contributed by atoms with E-state index in [9.17, 15) is 14.9 Å². The van der Waals surface area contributed by atoms with Crippen LogP contribution in [0.2, 0.25) is 0 Å². The smallest absolute Gasteiger partial charge is 0.293 e. The molecular formula is C19H21N3O3. The van der Waals surface area contributed by atoms with Gasteiger partial charge in [-0.25, -0.2) is 0 Å². The second-order valence-corrected chi connectivity index (χ2v) is 6.45. The fraction of sp³-hybridized carbons (Fsp3) is 0.316. The van der Waals surface area contributed by atoms with Crippen molar-refractivity contribution < 1.29 is 9.72 Å². The lowest BCUT2D eigenvalue weighted by Gasteiger charge is -2.31. The highest BCUT2D eigenvalue weighted by Crippen LogP contribution is 2.32. The number of nitrogens with zero attached hydrogens (tertiary/aromatic N) is 2. The average molecular weight is 339 g/mol. The van der Waals surface area contributed by atoms with Crippen LogP contribution in [-0.4, -0.2) is 23.9 Å². The first kappa shape index (κ1) is 17.0. The molecule has 1 aliphatic heterocycles. The Labute approximate surface area is 146 Å². The maximum atomic E-state index is 12.4. The van der Waals surface area contributed by atoms with Gasteiger partial charge in [-0.1, -0.05) is 25.1 Å². The Morgan fingerprint density at radius 3 is 2.48 bits per heavy atom. The van der Waals surface area contributed by atoms with Gasteiger partial charge in [0.15, 0.2) is 0 Å². The quantitative estimate of drug-likeness (QED) is 0.672. The highest BCUT2D eigenvalue weighted by molar-refractivity contribution is 6.05. The number of hydrogen-bond donors (Lipinski definition) is 1. The van der Waals surface area contributed by atoms with Crippen LogP contribution in [0.1, 0.15) is 30.1 Å². The number of nitrogens with one attached hydrogen (secondary N) is 1. The van der Waals surface area contributed by atoms with Crippen LogP contribution in [-0.2, 0) is 0 Å². The maximum Gasteiger partial charge on any atom is 0.293 e. The van der Waals surface area contributed by atoms with E-state index in [-0.39, 0.29) is 17.2 Å². The van der Waals surface area contributed by atoms with E-state index in [0.717, 1.165) is 25.9 Å². The highest BCUT2D eigenvalue weighted by atomic mass is 16.6. The number of nitro benzene ring substituents is 1. The molecule has 1 aliphatic rings. The zero-order chi connectivity index (χ0) is 17.8. The lowest BCUT2D eigenvalue weighted by atomic mass is 9.98. The molecule has 0 aromatic heterocycles. The molecule has 6 nitrogen and oxygen atoms in total. The third-order valence-electron chi connectivity index (χ3n) is 4.59. The topological polar surface area (TPSA) is 75.5 Å². The van der Waals surface area contributed by atoms with Crippen LogP contribution in [0.5, 0.6) is 0 Å². The van der Waals surface area contributed by atoms with Gasteiger partial charge in [-0.15, -0.1) is 0 Å². The van der Waals surface area contributed by atoms with Gasteiger partial charge in [0.1, 0.15) is 5.69 Å². The number of benzene rings is 2. The molecule has 6 heteroatoms. The Morgan fingerprint density at radius 2 is 1.84 bits per heavy atom. The summed E-state index contributed by atoms with van der Waals surface area (Å²) in [6.07, 6.45) is 2.04. The van der Waals surface area contributed by atoms with Crippen LogP contribution in [0, 0.1) is 16.0 Å². The molecule has 3 rings (SSSR count). The predicted octanol–water partition coefficient (Wildman–Crippen LogP) is 4.08. The molecule has 0 radical (unpaired) electrons. The monoisotopic (exact) mass is 339 g/mol. The molecule has 1 amide bonds. The van der Waals surface area contributed by atoms with Crippen molar-refractivity contribution >= 4 is 23.0 Å². The van der Waals surface area contributed by atoms with Crippen molar-refractivity contribution in [3.05, 3.63) is 64.2 Å². The summed E-state index contributed by atoms with van der Waals surface area (Å²) in [7, 11) is 0. The fourth-order valence-corrected chi connectivity index (χ4v) is 3.05. The summed E-state index contributed by atoms with van der Waals surface area (Å²) in [5, 5.41) is 14.3. The molecule has 1 N–H and O–H groups in total. The first-order valence-corrected chi connectivity index (χ1v) is 8.44. The molecule has 0 unspecified atom stereocenters. The maximum absolute atomic E-state index is 12.4. The standard InChI is InChI=1S/C19H21N3O3/c1-14-9-11-21(12-10-14)17-8-7-15(13-18(17)22(24)25)19(23)20-16-5-3-2-4-6-16/h2-8,13-14H,9-12H2,1H3,(H,20,23). The molecule has 130 valence electrons. The van der Waals surface area contributed by atoms with Crippen LogP contribution in [0.3, 0.4) is 0 Å². The van der Waals surface area contributed by atoms with Gasteiger partial charge in [0.25, 0.3) is 11.6 Å². The summed E-state index contributed by atoms with van der Waals surface area (Å²) in [6.45, 7) is 3.80. The van der Waals surface area contributed by atoms with Crippen LogP contribution < -0.4 is 10.2 Å². The molecule has 2 aromatic carbocycles. The molecule has 2 aromatic rings. The molecule has 25 heavy (non-hydrogen) atoms. The molecule has 1 fully saturated rings. The van der Waals surface area contributed by atoms with Crippen molar-refractivity contribution in [2.24, 2.45) is 5.92 Å². The summed E-state index contributed by atoms with van der Waals surface area (Å²) >= 11 is 0. The van der Waals surface area contributed by atoms with E-state index < -0.39 is 4.92 Å². The van der Waals surface area contributed by atoms with Crippen molar-refractivity contribution in [3.8, 4) is 0 Å². The first-order valence-electron chi connectivity index (χ1n) is 8.44. The number of hydrogen-bond acceptors (Lipinski definition) is 4. The Hall–Kier alpha value is -2.89. The first-order chi connectivity index (χ1) is 12.0. The second-order valence-electron chi connectivity index (χ2n) is 6.45. The molecule has 1 heterocycles. The second kappa shape index (κ2) is 7.34. The average Bonchev–Trinajstić information content (AvgIpc) is 2.62. The predicted molar refractivity (Wildman–Crippen MR) is 98.1 cm³/mol. The number of anilines is 2. The Morgan fingerprint density at radius 1 is 1.16 bits per heavy atom. The fourth-order valence-electron chi connectivity index (χ4n) is 3.05. The van der Waals surface area contributed by atoms with E-state index in [1.165, 1.54) is 6.07 Å².